The van der Waals surface area contributed by atoms with Crippen LogP contribution in [0.1, 0.15) is 25.6 Å². The zero-order valence-corrected chi connectivity index (χ0v) is 12.5. The molecule has 0 fully saturated rings. The van der Waals surface area contributed by atoms with E-state index in [0.717, 1.165) is 15.6 Å². The maximum atomic E-state index is 12.2. The van der Waals surface area contributed by atoms with Gasteiger partial charge in [-0.2, -0.15) is 0 Å². The minimum Gasteiger partial charge on any atom is -0.366 e. The molecule has 0 aliphatic heterocycles. The normalized spacial score (nSPS) is 10.5. The smallest absolute Gasteiger partial charge is 0.261 e. The van der Waals surface area contributed by atoms with Gasteiger partial charge in [-0.15, -0.1) is 11.3 Å². The van der Waals surface area contributed by atoms with Crippen molar-refractivity contribution in [1.82, 2.24) is 5.32 Å². The van der Waals surface area contributed by atoms with Crippen molar-refractivity contribution >= 4 is 33.2 Å². The van der Waals surface area contributed by atoms with Crippen molar-refractivity contribution in [3.8, 4) is 0 Å². The molecular weight excluding hydrogens is 296 g/mol. The number of nitrogens with two attached hydrogens (primary N) is 1. The second kappa shape index (κ2) is 5.99. The quantitative estimate of drug-likeness (QED) is 0.777. The Morgan fingerprint density at radius 2 is 1.77 bits per heavy atom. The van der Waals surface area contributed by atoms with Gasteiger partial charge in [0.15, 0.2) is 0 Å². The molecule has 0 bridgehead atoms. The summed E-state index contributed by atoms with van der Waals surface area (Å²) in [6.45, 7) is 0.409. The molecule has 4 nitrogen and oxygen atoms in total. The van der Waals surface area contributed by atoms with Crippen LogP contribution in [0.3, 0.4) is 0 Å². The fraction of sp³-hybridized carbons (Fsp3) is 0.0588. The van der Waals surface area contributed by atoms with Crippen LogP contribution in [-0.4, -0.2) is 11.8 Å². The molecule has 2 aromatic carbocycles. The molecule has 1 aromatic heterocycles. The van der Waals surface area contributed by atoms with Crippen LogP contribution in [0.5, 0.6) is 0 Å². The first-order chi connectivity index (χ1) is 10.6. The van der Waals surface area contributed by atoms with E-state index in [-0.39, 0.29) is 5.91 Å². The third kappa shape index (κ3) is 2.99. The second-order valence-corrected chi connectivity index (χ2v) is 5.98. The first-order valence-corrected chi connectivity index (χ1v) is 7.60. The molecule has 3 rings (SSSR count). The highest BCUT2D eigenvalue weighted by molar-refractivity contribution is 7.20. The molecule has 0 aliphatic carbocycles. The highest BCUT2D eigenvalue weighted by Gasteiger charge is 2.09. The Labute approximate surface area is 131 Å². The van der Waals surface area contributed by atoms with Gasteiger partial charge in [-0.3, -0.25) is 9.59 Å². The van der Waals surface area contributed by atoms with Crippen molar-refractivity contribution in [3.63, 3.8) is 0 Å². The summed E-state index contributed by atoms with van der Waals surface area (Å²) in [6.07, 6.45) is 0. The Hall–Kier alpha value is -2.66. The molecule has 2 amide bonds. The number of hydrogen-bond donors (Lipinski definition) is 2. The van der Waals surface area contributed by atoms with Crippen molar-refractivity contribution < 1.29 is 9.59 Å². The van der Waals surface area contributed by atoms with E-state index < -0.39 is 5.91 Å². The summed E-state index contributed by atoms with van der Waals surface area (Å²) in [5, 5.41) is 3.95. The predicted molar refractivity (Wildman–Crippen MR) is 88.0 cm³/mol. The zero-order valence-electron chi connectivity index (χ0n) is 11.7. The Kier molecular flexibility index (Phi) is 3.89. The predicted octanol–water partition coefficient (Wildman–Crippen LogP) is 2.93. The van der Waals surface area contributed by atoms with Gasteiger partial charge < -0.3 is 11.1 Å². The Morgan fingerprint density at radius 1 is 1.05 bits per heavy atom. The van der Waals surface area contributed by atoms with E-state index in [1.165, 1.54) is 11.3 Å². The number of nitrogens with one attached hydrogen (secondary N) is 1. The standard InChI is InChI=1S/C17H14N2O2S/c18-16(20)12-7-5-11(6-8-12)10-19-17(21)15-9-13-3-1-2-4-14(13)22-15/h1-9H,10H2,(H2,18,20)(H,19,21). The van der Waals surface area contributed by atoms with Crippen molar-refractivity contribution in [3.05, 3.63) is 70.6 Å². The Balaban J connectivity index is 1.67. The van der Waals surface area contributed by atoms with Crippen molar-refractivity contribution in [2.75, 3.05) is 0 Å². The summed E-state index contributed by atoms with van der Waals surface area (Å²) in [5.74, 6) is -0.555. The van der Waals surface area contributed by atoms with Gasteiger partial charge in [0, 0.05) is 16.8 Å². The Morgan fingerprint density at radius 3 is 2.45 bits per heavy atom. The summed E-state index contributed by atoms with van der Waals surface area (Å²) in [4.78, 5) is 23.9. The number of rotatable bonds is 4. The van der Waals surface area contributed by atoms with Gasteiger partial charge in [-0.05, 0) is 35.2 Å². The van der Waals surface area contributed by atoms with E-state index in [0.29, 0.717) is 17.0 Å². The lowest BCUT2D eigenvalue weighted by Crippen LogP contribution is -2.21. The molecule has 0 aliphatic rings. The molecule has 110 valence electrons. The van der Waals surface area contributed by atoms with Crippen LogP contribution >= 0.6 is 11.3 Å². The van der Waals surface area contributed by atoms with Gasteiger partial charge in [0.05, 0.1) is 4.88 Å². The number of primary amides is 1. The van der Waals surface area contributed by atoms with Gasteiger partial charge in [0.2, 0.25) is 5.91 Å². The van der Waals surface area contributed by atoms with Crippen LogP contribution in [-0.2, 0) is 6.54 Å². The monoisotopic (exact) mass is 310 g/mol. The van der Waals surface area contributed by atoms with Gasteiger partial charge in [0.25, 0.3) is 5.91 Å². The van der Waals surface area contributed by atoms with Gasteiger partial charge in [0.1, 0.15) is 0 Å². The van der Waals surface area contributed by atoms with Crippen LogP contribution in [0.4, 0.5) is 0 Å². The van der Waals surface area contributed by atoms with E-state index in [9.17, 15) is 9.59 Å². The van der Waals surface area contributed by atoms with Crippen LogP contribution in [0.25, 0.3) is 10.1 Å². The number of hydrogen-bond acceptors (Lipinski definition) is 3. The van der Waals surface area contributed by atoms with E-state index in [1.807, 2.05) is 30.3 Å². The van der Waals surface area contributed by atoms with Crippen LogP contribution in [0.15, 0.2) is 54.6 Å². The fourth-order valence-electron chi connectivity index (χ4n) is 2.15. The van der Waals surface area contributed by atoms with E-state index in [1.54, 1.807) is 24.3 Å². The first-order valence-electron chi connectivity index (χ1n) is 6.79. The lowest BCUT2D eigenvalue weighted by Gasteiger charge is -2.04. The molecule has 3 N–H and O–H groups in total. The molecule has 0 radical (unpaired) electrons. The summed E-state index contributed by atoms with van der Waals surface area (Å²) in [5.41, 5.74) is 6.57. The number of carbonyl (C=O) groups excluding carboxylic acids is 2. The topological polar surface area (TPSA) is 72.2 Å². The molecule has 0 saturated heterocycles. The molecule has 0 atom stereocenters. The summed E-state index contributed by atoms with van der Waals surface area (Å²) >= 11 is 1.47. The number of fused-ring (bicyclic) bond motifs is 1. The van der Waals surface area contributed by atoms with Gasteiger partial charge >= 0.3 is 0 Å². The molecule has 0 saturated carbocycles. The maximum Gasteiger partial charge on any atom is 0.261 e. The van der Waals surface area contributed by atoms with Crippen molar-refractivity contribution in [1.29, 1.82) is 0 Å². The van der Waals surface area contributed by atoms with Crippen LogP contribution in [0, 0.1) is 0 Å². The Bertz CT molecular complexity index is 804. The summed E-state index contributed by atoms with van der Waals surface area (Å²) < 4.78 is 1.10. The first kappa shape index (κ1) is 14.3. The lowest BCUT2D eigenvalue weighted by molar-refractivity contribution is 0.0953. The minimum atomic E-state index is -0.458. The van der Waals surface area contributed by atoms with Crippen LogP contribution < -0.4 is 11.1 Å². The lowest BCUT2D eigenvalue weighted by atomic mass is 10.1. The van der Waals surface area contributed by atoms with Crippen LogP contribution in [0.2, 0.25) is 0 Å². The molecule has 3 aromatic rings. The number of benzene rings is 2. The molecular formula is C17H14N2O2S. The number of thiophene rings is 1. The molecule has 1 heterocycles. The number of amides is 2. The SMILES string of the molecule is NC(=O)c1ccc(CNC(=O)c2cc3ccccc3s2)cc1. The second-order valence-electron chi connectivity index (χ2n) is 4.89. The molecule has 0 spiro atoms. The summed E-state index contributed by atoms with van der Waals surface area (Å²) in [6, 6.07) is 16.7. The van der Waals surface area contributed by atoms with E-state index in [2.05, 4.69) is 5.32 Å². The van der Waals surface area contributed by atoms with Gasteiger partial charge in [-0.1, -0.05) is 30.3 Å². The largest absolute Gasteiger partial charge is 0.366 e. The molecule has 5 heteroatoms. The third-order valence-electron chi connectivity index (χ3n) is 3.34. The highest BCUT2D eigenvalue weighted by atomic mass is 32.1. The van der Waals surface area contributed by atoms with E-state index >= 15 is 0 Å². The summed E-state index contributed by atoms with van der Waals surface area (Å²) in [7, 11) is 0. The van der Waals surface area contributed by atoms with Gasteiger partial charge in [-0.25, -0.2) is 0 Å². The third-order valence-corrected chi connectivity index (χ3v) is 4.46. The van der Waals surface area contributed by atoms with Crippen molar-refractivity contribution in [2.24, 2.45) is 5.73 Å². The minimum absolute atomic E-state index is 0.0971. The van der Waals surface area contributed by atoms with Crippen molar-refractivity contribution in [2.45, 2.75) is 6.54 Å². The number of carbonyl (C=O) groups is 2. The molecule has 22 heavy (non-hydrogen) atoms. The fourth-order valence-corrected chi connectivity index (χ4v) is 3.13. The van der Waals surface area contributed by atoms with E-state index in [4.69, 9.17) is 5.73 Å². The average molecular weight is 310 g/mol. The average Bonchev–Trinajstić information content (AvgIpc) is 2.97. The highest BCUT2D eigenvalue weighted by Crippen LogP contribution is 2.25. The zero-order chi connectivity index (χ0) is 15.5. The molecule has 0 unspecified atom stereocenters. The maximum absolute atomic E-state index is 12.2.